The lowest BCUT2D eigenvalue weighted by Gasteiger charge is -2.39. The largest absolute Gasteiger partial charge is 0.468 e. The van der Waals surface area contributed by atoms with Crippen molar-refractivity contribution in [2.75, 3.05) is 19.0 Å². The van der Waals surface area contributed by atoms with Crippen LogP contribution in [0.1, 0.15) is 31.4 Å². The van der Waals surface area contributed by atoms with E-state index in [0.717, 1.165) is 36.8 Å². The molecule has 0 radical (unpaired) electrons. The van der Waals surface area contributed by atoms with E-state index >= 15 is 0 Å². The minimum Gasteiger partial charge on any atom is -0.468 e. The summed E-state index contributed by atoms with van der Waals surface area (Å²) < 4.78 is 21.2. The van der Waals surface area contributed by atoms with Crippen molar-refractivity contribution in [2.45, 2.75) is 37.3 Å². The second kappa shape index (κ2) is 10.00. The highest BCUT2D eigenvalue weighted by molar-refractivity contribution is 5.81. The van der Waals surface area contributed by atoms with Gasteiger partial charge in [0.15, 0.2) is 0 Å². The number of nitrogens with zero attached hydrogens (tertiary/aromatic N) is 4. The fourth-order valence-corrected chi connectivity index (χ4v) is 4.63. The van der Waals surface area contributed by atoms with E-state index in [-0.39, 0.29) is 18.6 Å². The second-order valence-corrected chi connectivity index (χ2v) is 9.05. The topological polar surface area (TPSA) is 120 Å². The van der Waals surface area contributed by atoms with Crippen LogP contribution in [0.5, 0.6) is 0 Å². The van der Waals surface area contributed by atoms with Gasteiger partial charge in [-0.2, -0.15) is 5.10 Å². The van der Waals surface area contributed by atoms with E-state index < -0.39 is 11.4 Å². The summed E-state index contributed by atoms with van der Waals surface area (Å²) in [6, 6.07) is 12.5. The smallest absolute Gasteiger partial charge is 0.319 e. The number of carbonyl (C=O) groups is 1. The Morgan fingerprint density at radius 1 is 1.25 bits per heavy atom. The van der Waals surface area contributed by atoms with Crippen molar-refractivity contribution in [1.29, 1.82) is 0 Å². The number of hydrogen-bond donors (Lipinski definition) is 3. The van der Waals surface area contributed by atoms with Gasteiger partial charge in [0.1, 0.15) is 11.6 Å². The molecule has 1 aliphatic rings. The number of carbonyl (C=O) groups excluding carboxylic acids is 1. The number of nitrogens with two attached hydrogens (primary N) is 1. The predicted molar refractivity (Wildman–Crippen MR) is 134 cm³/mol. The molecule has 0 aliphatic heterocycles. The standard InChI is InChI=1S/C26H28FN7O2/c1-36-25(35)16-30-26(9-7-18(28)8-10-26)23-6-3-17-15-29-24(14-22(17)32-23)33-21-5-4-19(13-20(21)27)34-12-2-11-31-34/h2-6,11-15,18,30H,7-10,16,28H2,1H3,(H,29,33). The summed E-state index contributed by atoms with van der Waals surface area (Å²) >= 11 is 0. The van der Waals surface area contributed by atoms with Gasteiger partial charge in [0.25, 0.3) is 0 Å². The van der Waals surface area contributed by atoms with Gasteiger partial charge < -0.3 is 15.8 Å². The lowest BCUT2D eigenvalue weighted by molar-refractivity contribution is -0.140. The highest BCUT2D eigenvalue weighted by Gasteiger charge is 2.37. The van der Waals surface area contributed by atoms with Gasteiger partial charge in [-0.1, -0.05) is 0 Å². The molecule has 4 N–H and O–H groups in total. The van der Waals surface area contributed by atoms with Crippen LogP contribution in [0, 0.1) is 5.82 Å². The molecule has 186 valence electrons. The van der Waals surface area contributed by atoms with Crippen molar-refractivity contribution < 1.29 is 13.9 Å². The molecule has 1 fully saturated rings. The Hall–Kier alpha value is -3.89. The van der Waals surface area contributed by atoms with Gasteiger partial charge in [-0.25, -0.2) is 14.1 Å². The van der Waals surface area contributed by atoms with Crippen LogP contribution in [0.25, 0.3) is 16.6 Å². The first-order valence-corrected chi connectivity index (χ1v) is 11.9. The Kier molecular flexibility index (Phi) is 6.62. The Balaban J connectivity index is 1.42. The molecule has 1 aliphatic carbocycles. The van der Waals surface area contributed by atoms with Crippen LogP contribution >= 0.6 is 0 Å². The Bertz CT molecular complexity index is 1370. The molecule has 0 bridgehead atoms. The van der Waals surface area contributed by atoms with Gasteiger partial charge in [-0.05, 0) is 56.0 Å². The molecule has 3 aromatic heterocycles. The lowest BCUT2D eigenvalue weighted by atomic mass is 9.77. The molecule has 0 saturated heterocycles. The summed E-state index contributed by atoms with van der Waals surface area (Å²) in [5.74, 6) is -0.280. The summed E-state index contributed by atoms with van der Waals surface area (Å²) in [6.07, 6.45) is 8.26. The maximum absolute atomic E-state index is 14.8. The monoisotopic (exact) mass is 489 g/mol. The second-order valence-electron chi connectivity index (χ2n) is 9.05. The minimum atomic E-state index is -0.483. The van der Waals surface area contributed by atoms with Crippen molar-refractivity contribution in [3.8, 4) is 5.69 Å². The number of methoxy groups -OCH3 is 1. The SMILES string of the molecule is COC(=O)CNC1(c2ccc3cnc(Nc4ccc(-n5cccn5)cc4F)cc3n2)CCC(N)CC1. The van der Waals surface area contributed by atoms with Gasteiger partial charge in [-0.15, -0.1) is 0 Å². The summed E-state index contributed by atoms with van der Waals surface area (Å²) in [4.78, 5) is 21.2. The first-order chi connectivity index (χ1) is 17.5. The highest BCUT2D eigenvalue weighted by atomic mass is 19.1. The fourth-order valence-electron chi connectivity index (χ4n) is 4.63. The predicted octanol–water partition coefficient (Wildman–Crippen LogP) is 3.56. The molecule has 1 saturated carbocycles. The fraction of sp³-hybridized carbons (Fsp3) is 0.308. The van der Waals surface area contributed by atoms with E-state index in [1.165, 1.54) is 13.2 Å². The first kappa shape index (κ1) is 23.8. The maximum Gasteiger partial charge on any atom is 0.319 e. The average molecular weight is 490 g/mol. The number of benzene rings is 1. The number of esters is 1. The molecule has 1 aromatic carbocycles. The number of pyridine rings is 2. The Morgan fingerprint density at radius 2 is 2.08 bits per heavy atom. The molecule has 5 rings (SSSR count). The van der Waals surface area contributed by atoms with Crippen LogP contribution < -0.4 is 16.4 Å². The van der Waals surface area contributed by atoms with Crippen LogP contribution in [-0.2, 0) is 15.1 Å². The summed E-state index contributed by atoms with van der Waals surface area (Å²) in [5.41, 5.74) is 8.14. The number of ether oxygens (including phenoxy) is 1. The molecule has 4 aromatic rings. The van der Waals surface area contributed by atoms with E-state index in [0.29, 0.717) is 22.7 Å². The van der Waals surface area contributed by atoms with Gasteiger partial charge in [0.2, 0.25) is 0 Å². The molecule has 0 unspecified atom stereocenters. The molecular formula is C26H28FN7O2. The van der Waals surface area contributed by atoms with E-state index in [1.807, 2.05) is 12.1 Å². The molecule has 0 amide bonds. The lowest BCUT2D eigenvalue weighted by Crippen LogP contribution is -2.49. The number of hydrogen-bond acceptors (Lipinski definition) is 8. The van der Waals surface area contributed by atoms with Gasteiger partial charge in [0, 0.05) is 42.2 Å². The highest BCUT2D eigenvalue weighted by Crippen LogP contribution is 2.36. The molecule has 9 nitrogen and oxygen atoms in total. The molecule has 0 atom stereocenters. The van der Waals surface area contributed by atoms with E-state index in [9.17, 15) is 9.18 Å². The van der Waals surface area contributed by atoms with E-state index in [1.54, 1.807) is 47.5 Å². The Morgan fingerprint density at radius 3 is 2.81 bits per heavy atom. The average Bonchev–Trinajstić information content (AvgIpc) is 3.44. The van der Waals surface area contributed by atoms with E-state index in [2.05, 4.69) is 20.7 Å². The molecule has 3 heterocycles. The van der Waals surface area contributed by atoms with Gasteiger partial charge in [-0.3, -0.25) is 15.1 Å². The van der Waals surface area contributed by atoms with Crippen molar-refractivity contribution >= 4 is 28.4 Å². The number of halogens is 1. The van der Waals surface area contributed by atoms with Crippen LogP contribution in [-0.4, -0.2) is 45.4 Å². The van der Waals surface area contributed by atoms with E-state index in [4.69, 9.17) is 15.5 Å². The summed E-state index contributed by atoms with van der Waals surface area (Å²) in [6.45, 7) is 0.0857. The first-order valence-electron chi connectivity index (χ1n) is 11.9. The minimum absolute atomic E-state index is 0.0857. The number of nitrogens with one attached hydrogen (secondary N) is 2. The molecule has 36 heavy (non-hydrogen) atoms. The number of fused-ring (bicyclic) bond motifs is 1. The van der Waals surface area contributed by atoms with Gasteiger partial charge >= 0.3 is 5.97 Å². The molecule has 10 heteroatoms. The van der Waals surface area contributed by atoms with Crippen LogP contribution in [0.15, 0.2) is 61.1 Å². The number of aromatic nitrogens is 4. The zero-order valence-corrected chi connectivity index (χ0v) is 19.9. The Labute approximate surface area is 207 Å². The number of anilines is 2. The third kappa shape index (κ3) is 4.91. The third-order valence-corrected chi connectivity index (χ3v) is 6.73. The third-order valence-electron chi connectivity index (χ3n) is 6.73. The van der Waals surface area contributed by atoms with Crippen LogP contribution in [0.4, 0.5) is 15.9 Å². The number of rotatable bonds is 7. The maximum atomic E-state index is 14.8. The van der Waals surface area contributed by atoms with Crippen LogP contribution in [0.3, 0.4) is 0 Å². The zero-order chi connectivity index (χ0) is 25.1. The molecular weight excluding hydrogens is 461 g/mol. The van der Waals surface area contributed by atoms with Crippen molar-refractivity contribution in [3.05, 3.63) is 72.6 Å². The molecule has 0 spiro atoms. The van der Waals surface area contributed by atoms with Gasteiger partial charge in [0.05, 0.1) is 41.8 Å². The van der Waals surface area contributed by atoms with Crippen LogP contribution in [0.2, 0.25) is 0 Å². The summed E-state index contributed by atoms with van der Waals surface area (Å²) in [7, 11) is 1.37. The normalized spacial score (nSPS) is 19.8. The quantitative estimate of drug-likeness (QED) is 0.337. The van der Waals surface area contributed by atoms with Crippen molar-refractivity contribution in [3.63, 3.8) is 0 Å². The van der Waals surface area contributed by atoms with Crippen molar-refractivity contribution in [2.24, 2.45) is 5.73 Å². The van der Waals surface area contributed by atoms with Crippen molar-refractivity contribution in [1.82, 2.24) is 25.1 Å². The zero-order valence-electron chi connectivity index (χ0n) is 19.9. The summed E-state index contributed by atoms with van der Waals surface area (Å²) in [5, 5.41) is 11.4.